The lowest BCUT2D eigenvalue weighted by molar-refractivity contribution is -0.118. The van der Waals surface area contributed by atoms with Crippen molar-refractivity contribution in [1.82, 2.24) is 29.7 Å². The third-order valence-electron chi connectivity index (χ3n) is 13.3. The van der Waals surface area contributed by atoms with Gasteiger partial charge in [0.25, 0.3) is 0 Å². The zero-order chi connectivity index (χ0) is 45.0. The Morgan fingerprint density at radius 3 is 2.23 bits per heavy atom. The molecule has 3 aliphatic rings. The minimum Gasteiger partial charge on any atom is -0.453 e. The lowest BCUT2D eigenvalue weighted by Gasteiger charge is -2.37. The number of H-pyrrole nitrogens is 1. The highest BCUT2D eigenvalue weighted by Crippen LogP contribution is 2.47. The first-order chi connectivity index (χ1) is 32.4. The van der Waals surface area contributed by atoms with E-state index in [4.69, 9.17) is 21.3 Å². The molecule has 2 aromatic heterocycles. The predicted octanol–water partition coefficient (Wildman–Crippen LogP) is 12.1. The number of nitrogens with one attached hydrogen (secondary N) is 1. The monoisotopic (exact) mass is 894 g/mol. The number of fused-ring (bicyclic) bond motifs is 5. The quantitative estimate of drug-likeness (QED) is 0.121. The number of benzene rings is 6. The van der Waals surface area contributed by atoms with Crippen molar-refractivity contribution in [2.45, 2.75) is 58.5 Å². The molecule has 0 atom stereocenters. The molecule has 1 N–H and O–H groups in total. The van der Waals surface area contributed by atoms with Gasteiger partial charge >= 0.3 is 0 Å². The van der Waals surface area contributed by atoms with Gasteiger partial charge in [0.15, 0.2) is 11.5 Å². The number of nitrogens with zero attached hydrogens (tertiary/aromatic N) is 7. The Labute approximate surface area is 391 Å². The number of carbonyl (C=O) groups is 1. The highest BCUT2D eigenvalue weighted by atomic mass is 35.5. The van der Waals surface area contributed by atoms with Crippen LogP contribution >= 0.6 is 11.6 Å². The number of anilines is 3. The fraction of sp³-hybridized carbons (Fsp3) is 0.273. The summed E-state index contributed by atoms with van der Waals surface area (Å²) in [5, 5.41) is 0.741. The summed E-state index contributed by atoms with van der Waals surface area (Å²) < 4.78 is 6.03. The van der Waals surface area contributed by atoms with E-state index in [1.807, 2.05) is 72.8 Å². The van der Waals surface area contributed by atoms with Gasteiger partial charge in [-0.25, -0.2) is 15.0 Å². The molecule has 334 valence electrons. The number of aromatic amines is 1. The van der Waals surface area contributed by atoms with E-state index in [0.29, 0.717) is 6.42 Å². The van der Waals surface area contributed by atoms with Gasteiger partial charge in [-0.05, 0) is 105 Å². The number of amides is 1. The van der Waals surface area contributed by atoms with Crippen LogP contribution in [0.3, 0.4) is 0 Å². The number of likely N-dealkylation sites (tertiary alicyclic amines) is 1. The SMILES string of the molecule is CCN(CC)CCCCN1c2ccccc2Oc2ccc(Cl)cc21.O=C1Cc2ccccc2N1C1CCN(Cc2ccc(-c3[nH]c4cc5ncnc5cc4nc3-c3ccccc3)cc2)CC1. The summed E-state index contributed by atoms with van der Waals surface area (Å²) in [6.07, 6.45) is 6.45. The van der Waals surface area contributed by atoms with E-state index >= 15 is 0 Å². The lowest BCUT2D eigenvalue weighted by Crippen LogP contribution is -2.46. The minimum atomic E-state index is 0.243. The van der Waals surface area contributed by atoms with Crippen LogP contribution < -0.4 is 14.5 Å². The van der Waals surface area contributed by atoms with Crippen LogP contribution in [0.4, 0.5) is 17.1 Å². The third-order valence-corrected chi connectivity index (χ3v) is 13.5. The molecule has 0 bridgehead atoms. The third kappa shape index (κ3) is 9.14. The number of hydrogen-bond donors (Lipinski definition) is 1. The van der Waals surface area contributed by atoms with E-state index < -0.39 is 0 Å². The molecule has 6 aromatic carbocycles. The average molecular weight is 896 g/mol. The fourth-order valence-electron chi connectivity index (χ4n) is 9.74. The zero-order valence-electron chi connectivity index (χ0n) is 37.7. The summed E-state index contributed by atoms with van der Waals surface area (Å²) in [4.78, 5) is 39.6. The maximum absolute atomic E-state index is 12.8. The molecule has 0 spiro atoms. The molecule has 11 heteroatoms. The standard InChI is InChI=1S/C35H30N6O.C20H25ClN2O/c42-33-18-26-8-4-5-9-32(26)41(33)27-14-16-40(17-15-27)21-23-10-12-25(13-11-23)35-34(24-6-2-1-3-7-24)38-30-19-28-29(37-22-36-28)20-31(30)39-35;1-3-22(4-2)13-7-8-14-23-17-9-5-6-10-19(17)24-20-12-11-16(21)15-18(20)23/h1-13,19-20,22,27,39H,14-18,21H2;5-6,9-12,15H,3-4,7-8,13-14H2,1-2H3. The molecule has 8 aromatic rings. The molecule has 0 saturated carbocycles. The molecule has 1 amide bonds. The summed E-state index contributed by atoms with van der Waals surface area (Å²) in [6, 6.07) is 45.7. The van der Waals surface area contributed by atoms with Crippen molar-refractivity contribution in [3.63, 3.8) is 0 Å². The summed E-state index contributed by atoms with van der Waals surface area (Å²) in [7, 11) is 0. The Hall–Kier alpha value is -6.59. The molecule has 0 aliphatic carbocycles. The van der Waals surface area contributed by atoms with Crippen LogP contribution in [-0.4, -0.2) is 81.0 Å². The summed E-state index contributed by atoms with van der Waals surface area (Å²) in [5.74, 6) is 2.03. The van der Waals surface area contributed by atoms with Gasteiger partial charge in [0.2, 0.25) is 5.91 Å². The van der Waals surface area contributed by atoms with Crippen LogP contribution in [0, 0.1) is 0 Å². The largest absolute Gasteiger partial charge is 0.453 e. The van der Waals surface area contributed by atoms with Gasteiger partial charge in [0.1, 0.15) is 6.33 Å². The fourth-order valence-corrected chi connectivity index (χ4v) is 9.91. The maximum atomic E-state index is 12.8. The topological polar surface area (TPSA) is 93.7 Å². The molecule has 3 aliphatic heterocycles. The smallest absolute Gasteiger partial charge is 0.231 e. The first-order valence-corrected chi connectivity index (χ1v) is 23.8. The van der Waals surface area contributed by atoms with E-state index in [1.54, 1.807) is 6.33 Å². The Morgan fingerprint density at radius 2 is 1.44 bits per heavy atom. The number of piperidine rings is 1. The van der Waals surface area contributed by atoms with E-state index in [1.165, 1.54) is 12.0 Å². The first-order valence-electron chi connectivity index (χ1n) is 23.4. The van der Waals surface area contributed by atoms with Crippen molar-refractivity contribution in [1.29, 1.82) is 0 Å². The predicted molar refractivity (Wildman–Crippen MR) is 268 cm³/mol. The van der Waals surface area contributed by atoms with Gasteiger partial charge in [-0.3, -0.25) is 9.69 Å². The highest BCUT2D eigenvalue weighted by molar-refractivity contribution is 6.31. The molecular weight excluding hydrogens is 840 g/mol. The molecule has 0 radical (unpaired) electrons. The number of unbranched alkanes of at least 4 members (excludes halogenated alkanes) is 1. The number of rotatable bonds is 12. The lowest BCUT2D eigenvalue weighted by atomic mass is 10.0. The first kappa shape index (κ1) is 43.3. The number of para-hydroxylation sites is 3. The number of halogens is 1. The Morgan fingerprint density at radius 1 is 0.727 bits per heavy atom. The molecule has 5 heterocycles. The van der Waals surface area contributed by atoms with Crippen LogP contribution in [0.25, 0.3) is 44.6 Å². The number of ether oxygens (including phenoxy) is 1. The molecule has 66 heavy (non-hydrogen) atoms. The Balaban J connectivity index is 0.000000181. The van der Waals surface area contributed by atoms with E-state index in [9.17, 15) is 4.79 Å². The van der Waals surface area contributed by atoms with E-state index in [2.05, 4.69) is 109 Å². The second kappa shape index (κ2) is 19.5. The molecule has 1 fully saturated rings. The van der Waals surface area contributed by atoms with Crippen molar-refractivity contribution in [2.75, 3.05) is 49.1 Å². The zero-order valence-corrected chi connectivity index (χ0v) is 38.4. The summed E-state index contributed by atoms with van der Waals surface area (Å²) in [5.41, 5.74) is 13.3. The minimum absolute atomic E-state index is 0.243. The Kier molecular flexibility index (Phi) is 12.8. The summed E-state index contributed by atoms with van der Waals surface area (Å²) >= 11 is 6.22. The number of imidazole rings is 1. The molecule has 1 saturated heterocycles. The van der Waals surface area contributed by atoms with Gasteiger partial charge in [-0.1, -0.05) is 110 Å². The van der Waals surface area contributed by atoms with Crippen LogP contribution in [0.15, 0.2) is 140 Å². The van der Waals surface area contributed by atoms with Crippen LogP contribution in [0.2, 0.25) is 5.02 Å². The molecule has 11 rings (SSSR count). The van der Waals surface area contributed by atoms with Gasteiger partial charge in [0.05, 0.1) is 51.3 Å². The second-order valence-electron chi connectivity index (χ2n) is 17.4. The van der Waals surface area contributed by atoms with E-state index in [-0.39, 0.29) is 11.9 Å². The van der Waals surface area contributed by atoms with E-state index in [0.717, 1.165) is 149 Å². The second-order valence-corrected chi connectivity index (χ2v) is 17.8. The van der Waals surface area contributed by atoms with Crippen molar-refractivity contribution in [3.8, 4) is 34.0 Å². The highest BCUT2D eigenvalue weighted by Gasteiger charge is 2.34. The van der Waals surface area contributed by atoms with Crippen LogP contribution in [0.5, 0.6) is 11.5 Å². The van der Waals surface area contributed by atoms with Crippen molar-refractivity contribution >= 4 is 56.6 Å². The van der Waals surface area contributed by atoms with Crippen molar-refractivity contribution in [2.24, 2.45) is 0 Å². The number of hydrogen-bond acceptors (Lipinski definition) is 8. The molecular formula is C55H55ClN8O2. The van der Waals surface area contributed by atoms with Gasteiger partial charge in [-0.15, -0.1) is 0 Å². The summed E-state index contributed by atoms with van der Waals surface area (Å²) in [6.45, 7) is 11.7. The number of aromatic nitrogens is 4. The molecule has 0 unspecified atom stereocenters. The van der Waals surface area contributed by atoms with Gasteiger partial charge in [-0.2, -0.15) is 0 Å². The van der Waals surface area contributed by atoms with Gasteiger partial charge in [0, 0.05) is 54.1 Å². The molecule has 10 nitrogen and oxygen atoms in total. The van der Waals surface area contributed by atoms with Crippen LogP contribution in [-0.2, 0) is 17.8 Å². The number of carbonyl (C=O) groups excluding carboxylic acids is 1. The van der Waals surface area contributed by atoms with Crippen molar-refractivity contribution < 1.29 is 9.53 Å². The Bertz CT molecular complexity index is 2960. The van der Waals surface area contributed by atoms with Crippen molar-refractivity contribution in [3.05, 3.63) is 156 Å². The normalized spacial score (nSPS) is 14.8. The van der Waals surface area contributed by atoms with Gasteiger partial charge < -0.3 is 24.4 Å². The average Bonchev–Trinajstić information content (AvgIpc) is 3.96. The maximum Gasteiger partial charge on any atom is 0.231 e. The van der Waals surface area contributed by atoms with Crippen LogP contribution in [0.1, 0.15) is 50.7 Å².